The zero-order valence-electron chi connectivity index (χ0n) is 59.7. The molecule has 0 unspecified atom stereocenters. The molecule has 0 amide bonds. The summed E-state index contributed by atoms with van der Waals surface area (Å²) in [5.74, 6) is 6.22. The van der Waals surface area contributed by atoms with Crippen LogP contribution in [0.3, 0.4) is 0 Å². The summed E-state index contributed by atoms with van der Waals surface area (Å²) in [6.45, 7) is 37.7. The van der Waals surface area contributed by atoms with Crippen molar-refractivity contribution in [1.82, 2.24) is 34.9 Å². The topological polar surface area (TPSA) is 138 Å². The molecule has 0 fully saturated rings. The molecule has 9 heteroatoms. The molecular weight excluding hydrogens is 1160 g/mol. The summed E-state index contributed by atoms with van der Waals surface area (Å²) < 4.78 is 0. The third kappa shape index (κ3) is 19.6. The lowest BCUT2D eigenvalue weighted by Crippen LogP contribution is -2.01. The molecule has 0 bridgehead atoms. The second kappa shape index (κ2) is 33.7. The number of aromatic nitrogens is 7. The Balaban J connectivity index is 0.000000183. The summed E-state index contributed by atoms with van der Waals surface area (Å²) in [6.07, 6.45) is 9.64. The van der Waals surface area contributed by atoms with Crippen LogP contribution in [-0.4, -0.2) is 34.9 Å². The maximum absolute atomic E-state index is 9.12. The summed E-state index contributed by atoms with van der Waals surface area (Å²) in [4.78, 5) is 33.7. The average Bonchev–Trinajstić information content (AvgIpc) is 0.824. The highest BCUT2D eigenvalue weighted by molar-refractivity contribution is 5.72. The summed E-state index contributed by atoms with van der Waals surface area (Å²) in [6, 6.07) is 59.0. The van der Waals surface area contributed by atoms with Crippen LogP contribution in [0.1, 0.15) is 244 Å². The van der Waals surface area contributed by atoms with Crippen molar-refractivity contribution in [3.05, 3.63) is 230 Å². The van der Waals surface area contributed by atoms with Crippen LogP contribution in [0.15, 0.2) is 158 Å². The first-order valence-corrected chi connectivity index (χ1v) is 34.7. The van der Waals surface area contributed by atoms with Crippen LogP contribution in [0.2, 0.25) is 0 Å². The number of unbranched alkanes of at least 4 members (excludes halogenated alkanes) is 4. The van der Waals surface area contributed by atoms with Crippen molar-refractivity contribution in [3.8, 4) is 91.5 Å². The Hall–Kier alpha value is -9.31. The van der Waals surface area contributed by atoms with Gasteiger partial charge in [0.25, 0.3) is 0 Å². The van der Waals surface area contributed by atoms with Gasteiger partial charge in [-0.05, 0) is 235 Å². The van der Waals surface area contributed by atoms with E-state index in [4.69, 9.17) is 45.4 Å². The Morgan fingerprint density at radius 3 is 1.05 bits per heavy atom. The zero-order valence-corrected chi connectivity index (χ0v) is 59.7. The summed E-state index contributed by atoms with van der Waals surface area (Å²) in [5.41, 5.74) is 24.6. The molecule has 0 radical (unpaired) electrons. The molecule has 3 aromatic heterocycles. The van der Waals surface area contributed by atoms with Crippen molar-refractivity contribution in [2.24, 2.45) is 0 Å². The third-order valence-electron chi connectivity index (χ3n) is 17.6. The van der Waals surface area contributed by atoms with Gasteiger partial charge in [-0.15, -0.1) is 0 Å². The molecule has 10 aromatic rings. The first-order valence-electron chi connectivity index (χ1n) is 34.7. The number of hydrogen-bond donors (Lipinski definition) is 0. The maximum atomic E-state index is 9.12. The Morgan fingerprint density at radius 2 is 0.674 bits per heavy atom. The lowest BCUT2D eigenvalue weighted by molar-refractivity contribution is 0.667. The second-order valence-corrected chi connectivity index (χ2v) is 27.4. The molecule has 0 aliphatic carbocycles. The molecule has 7 aromatic carbocycles. The van der Waals surface area contributed by atoms with Crippen molar-refractivity contribution < 1.29 is 0 Å². The van der Waals surface area contributed by atoms with Gasteiger partial charge < -0.3 is 0 Å². The molecule has 3 heterocycles. The normalized spacial score (nSPS) is 11.3. The van der Waals surface area contributed by atoms with Crippen molar-refractivity contribution >= 4 is 0 Å². The molecular formula is C86H99N9. The van der Waals surface area contributed by atoms with Gasteiger partial charge in [-0.25, -0.2) is 34.9 Å². The van der Waals surface area contributed by atoms with Crippen LogP contribution < -0.4 is 0 Å². The number of nitriles is 2. The van der Waals surface area contributed by atoms with E-state index in [1.165, 1.54) is 92.4 Å². The summed E-state index contributed by atoms with van der Waals surface area (Å²) in [5, 5.41) is 18.2. The van der Waals surface area contributed by atoms with E-state index in [-0.39, 0.29) is 0 Å². The third-order valence-corrected chi connectivity index (χ3v) is 17.6. The number of benzene rings is 7. The highest BCUT2D eigenvalue weighted by atomic mass is 15.0. The van der Waals surface area contributed by atoms with Gasteiger partial charge in [0.15, 0.2) is 23.3 Å². The van der Waals surface area contributed by atoms with Gasteiger partial charge in [0.05, 0.1) is 40.3 Å². The number of nitrogens with zero attached hydrogens (tertiary/aromatic N) is 9. The minimum Gasteiger partial charge on any atom is -0.233 e. The van der Waals surface area contributed by atoms with Crippen LogP contribution in [-0.2, 0) is 12.8 Å². The van der Waals surface area contributed by atoms with E-state index in [1.807, 2.05) is 37.3 Å². The lowest BCUT2D eigenvalue weighted by atomic mass is 9.91. The minimum atomic E-state index is 0.483. The molecule has 0 saturated carbocycles. The Morgan fingerprint density at radius 1 is 0.316 bits per heavy atom. The fraction of sp³-hybridized carbons (Fsp3) is 0.360. The lowest BCUT2D eigenvalue weighted by Gasteiger charge is -2.16. The van der Waals surface area contributed by atoms with Crippen molar-refractivity contribution in [2.75, 3.05) is 0 Å². The van der Waals surface area contributed by atoms with Gasteiger partial charge in [-0.2, -0.15) is 10.5 Å². The molecule has 0 saturated heterocycles. The first-order chi connectivity index (χ1) is 45.5. The number of rotatable bonds is 21. The summed E-state index contributed by atoms with van der Waals surface area (Å²) >= 11 is 0. The van der Waals surface area contributed by atoms with Gasteiger partial charge in [-0.1, -0.05) is 177 Å². The van der Waals surface area contributed by atoms with Crippen LogP contribution in [0.4, 0.5) is 0 Å². The van der Waals surface area contributed by atoms with E-state index in [1.54, 1.807) is 24.3 Å². The molecule has 0 spiro atoms. The van der Waals surface area contributed by atoms with Crippen molar-refractivity contribution in [3.63, 3.8) is 0 Å². The average molecular weight is 1260 g/mol. The van der Waals surface area contributed by atoms with E-state index >= 15 is 0 Å². The number of aryl methyl sites for hydroxylation is 5. The highest BCUT2D eigenvalue weighted by Crippen LogP contribution is 2.35. The molecule has 0 aliphatic rings. The smallest absolute Gasteiger partial charge is 0.164 e. The van der Waals surface area contributed by atoms with Crippen LogP contribution in [0.5, 0.6) is 0 Å². The standard InChI is InChI=1S/2C29H38N2.C28H23N5/c1-17(2)22-10-23(18(3)4)13-26(12-22)28-16-29(31-21(9)30-28)27-14-24(19(5)6)11-25(15-27)20(7)8;1-7-8-9-10-11-23-12-14-24(15-13-23)29-30-22(6)16-28(31-29)27-18-25(20(2)3)17-26(19-27)21(4)5;1-3-4-5-24-16-25(11-6-19(24)2)28-32-26(22-12-7-20(17-29)8-13-22)31-27(33-28)23-14-9-21(18-30)10-15-23/h10-20H,1-9H3;12-21H,7-11H2,1-6H3;6-16H,3-5H2,1-2H3. The molecule has 95 heavy (non-hydrogen) atoms. The predicted octanol–water partition coefficient (Wildman–Crippen LogP) is 23.4. The Bertz CT molecular complexity index is 4040. The van der Waals surface area contributed by atoms with Crippen molar-refractivity contribution in [2.45, 2.75) is 205 Å². The van der Waals surface area contributed by atoms with Gasteiger partial charge in [0, 0.05) is 44.6 Å². The van der Waals surface area contributed by atoms with E-state index in [0.29, 0.717) is 64.1 Å². The Kier molecular flexibility index (Phi) is 25.4. The predicted molar refractivity (Wildman–Crippen MR) is 397 cm³/mol. The second-order valence-electron chi connectivity index (χ2n) is 27.4. The van der Waals surface area contributed by atoms with Crippen molar-refractivity contribution in [1.29, 1.82) is 10.5 Å². The SMILES string of the molecule is CCCCCCc1ccc(-c2nc(C)cc(-c3cc(C(C)C)cc(C(C)C)c3)n2)cc1.CCCCc1cc(-c2nc(-c3ccc(C#N)cc3)nc(-c3ccc(C#N)cc3)n2)ccc1C.Cc1nc(-c2cc(C(C)C)cc(C(C)C)c2)cc(-c2cc(C(C)C)cc(C(C)C)c2)n1. The van der Waals surface area contributed by atoms with Gasteiger partial charge >= 0.3 is 0 Å². The number of hydrogen-bond acceptors (Lipinski definition) is 9. The van der Waals surface area contributed by atoms with E-state index < -0.39 is 0 Å². The van der Waals surface area contributed by atoms with E-state index in [0.717, 1.165) is 82.4 Å². The van der Waals surface area contributed by atoms with Gasteiger partial charge in [0.2, 0.25) is 0 Å². The molecule has 10 rings (SSSR count). The minimum absolute atomic E-state index is 0.483. The fourth-order valence-corrected chi connectivity index (χ4v) is 11.4. The summed E-state index contributed by atoms with van der Waals surface area (Å²) in [7, 11) is 0. The quantitative estimate of drug-likeness (QED) is 0.0644. The van der Waals surface area contributed by atoms with Crippen LogP contribution in [0, 0.1) is 43.4 Å². The molecule has 0 N–H and O–H groups in total. The largest absolute Gasteiger partial charge is 0.233 e. The zero-order chi connectivity index (χ0) is 68.5. The van der Waals surface area contributed by atoms with Crippen LogP contribution >= 0.6 is 0 Å². The Labute approximate surface area is 568 Å². The maximum Gasteiger partial charge on any atom is 0.164 e. The molecule has 488 valence electrons. The van der Waals surface area contributed by atoms with Gasteiger partial charge in [-0.3, -0.25) is 0 Å². The molecule has 9 nitrogen and oxygen atoms in total. The van der Waals surface area contributed by atoms with Crippen LogP contribution in [0.25, 0.3) is 79.3 Å². The fourth-order valence-electron chi connectivity index (χ4n) is 11.4. The van der Waals surface area contributed by atoms with E-state index in [9.17, 15) is 0 Å². The highest BCUT2D eigenvalue weighted by Gasteiger charge is 2.18. The monoisotopic (exact) mass is 1260 g/mol. The first kappa shape index (κ1) is 71.5. The molecule has 0 atom stereocenters. The van der Waals surface area contributed by atoms with Gasteiger partial charge in [0.1, 0.15) is 5.82 Å². The molecule has 0 aliphatic heterocycles. The van der Waals surface area contributed by atoms with E-state index in [2.05, 4.69) is 226 Å².